The molecule has 2 atom stereocenters. The molecule has 2 rings (SSSR count). The standard InChI is InChI=1S/C16H32N2/c1-13-4-7-16(11-17,8-5-13)12-18-9-6-14(2)10-15(18)3/h13-15H,4-12,17H2,1-3H3. The molecule has 1 aliphatic carbocycles. The molecule has 2 aliphatic rings. The summed E-state index contributed by atoms with van der Waals surface area (Å²) in [7, 11) is 0. The summed E-state index contributed by atoms with van der Waals surface area (Å²) in [5.41, 5.74) is 6.58. The van der Waals surface area contributed by atoms with Crippen LogP contribution < -0.4 is 5.73 Å². The normalized spacial score (nSPS) is 43.0. The molecule has 2 fully saturated rings. The summed E-state index contributed by atoms with van der Waals surface area (Å²) in [6.45, 7) is 10.6. The Balaban J connectivity index is 1.93. The van der Waals surface area contributed by atoms with Crippen LogP contribution in [0.3, 0.4) is 0 Å². The molecule has 1 saturated carbocycles. The van der Waals surface area contributed by atoms with Crippen LogP contribution in [0, 0.1) is 17.3 Å². The van der Waals surface area contributed by atoms with Crippen LogP contribution >= 0.6 is 0 Å². The highest BCUT2D eigenvalue weighted by Crippen LogP contribution is 2.40. The van der Waals surface area contributed by atoms with Gasteiger partial charge in [-0.05, 0) is 62.9 Å². The average molecular weight is 252 g/mol. The van der Waals surface area contributed by atoms with Crippen LogP contribution in [0.4, 0.5) is 0 Å². The van der Waals surface area contributed by atoms with Gasteiger partial charge in [-0.15, -0.1) is 0 Å². The van der Waals surface area contributed by atoms with E-state index in [9.17, 15) is 0 Å². The van der Waals surface area contributed by atoms with Crippen LogP contribution in [-0.2, 0) is 0 Å². The molecule has 106 valence electrons. The van der Waals surface area contributed by atoms with E-state index in [0.29, 0.717) is 5.41 Å². The van der Waals surface area contributed by atoms with Crippen molar-refractivity contribution in [2.45, 2.75) is 65.3 Å². The second kappa shape index (κ2) is 5.92. The van der Waals surface area contributed by atoms with Crippen LogP contribution in [0.15, 0.2) is 0 Å². The van der Waals surface area contributed by atoms with E-state index >= 15 is 0 Å². The minimum Gasteiger partial charge on any atom is -0.330 e. The molecular formula is C16H32N2. The maximum absolute atomic E-state index is 6.15. The van der Waals surface area contributed by atoms with Crippen LogP contribution in [0.25, 0.3) is 0 Å². The minimum atomic E-state index is 0.432. The van der Waals surface area contributed by atoms with Crippen molar-refractivity contribution in [2.24, 2.45) is 23.0 Å². The molecule has 0 aromatic carbocycles. The molecule has 1 heterocycles. The summed E-state index contributed by atoms with van der Waals surface area (Å²) < 4.78 is 0. The van der Waals surface area contributed by atoms with Crippen molar-refractivity contribution in [2.75, 3.05) is 19.6 Å². The molecule has 0 aromatic heterocycles. The Morgan fingerprint density at radius 3 is 2.28 bits per heavy atom. The Morgan fingerprint density at radius 2 is 1.72 bits per heavy atom. The minimum absolute atomic E-state index is 0.432. The molecule has 0 bridgehead atoms. The molecule has 2 heteroatoms. The predicted octanol–water partition coefficient (Wildman–Crippen LogP) is 3.26. The molecule has 1 aliphatic heterocycles. The summed E-state index contributed by atoms with van der Waals surface area (Å²) in [6, 6.07) is 0.761. The first kappa shape index (κ1) is 14.3. The highest BCUT2D eigenvalue weighted by atomic mass is 15.2. The van der Waals surface area contributed by atoms with Crippen LogP contribution in [0.1, 0.15) is 59.3 Å². The number of piperidine rings is 1. The molecular weight excluding hydrogens is 220 g/mol. The molecule has 0 spiro atoms. The van der Waals surface area contributed by atoms with E-state index in [0.717, 1.165) is 24.4 Å². The Morgan fingerprint density at radius 1 is 1.06 bits per heavy atom. The molecule has 2 N–H and O–H groups in total. The van der Waals surface area contributed by atoms with Crippen molar-refractivity contribution in [3.63, 3.8) is 0 Å². The van der Waals surface area contributed by atoms with Crippen molar-refractivity contribution in [3.05, 3.63) is 0 Å². The number of likely N-dealkylation sites (tertiary alicyclic amines) is 1. The van der Waals surface area contributed by atoms with Crippen molar-refractivity contribution < 1.29 is 0 Å². The van der Waals surface area contributed by atoms with Crippen LogP contribution in [0.5, 0.6) is 0 Å². The third kappa shape index (κ3) is 3.27. The molecule has 1 saturated heterocycles. The third-order valence-corrected chi connectivity index (χ3v) is 5.58. The van der Waals surface area contributed by atoms with Crippen molar-refractivity contribution in [1.29, 1.82) is 0 Å². The van der Waals surface area contributed by atoms with Crippen LogP contribution in [0.2, 0.25) is 0 Å². The fourth-order valence-electron chi connectivity index (χ4n) is 3.92. The third-order valence-electron chi connectivity index (χ3n) is 5.58. The number of hydrogen-bond donors (Lipinski definition) is 1. The zero-order chi connectivity index (χ0) is 13.2. The van der Waals surface area contributed by atoms with Crippen molar-refractivity contribution in [1.82, 2.24) is 4.90 Å². The van der Waals surface area contributed by atoms with Gasteiger partial charge in [-0.3, -0.25) is 0 Å². The van der Waals surface area contributed by atoms with E-state index < -0.39 is 0 Å². The summed E-state index contributed by atoms with van der Waals surface area (Å²) in [5.74, 6) is 1.83. The van der Waals surface area contributed by atoms with Crippen molar-refractivity contribution >= 4 is 0 Å². The van der Waals surface area contributed by atoms with Gasteiger partial charge in [-0.1, -0.05) is 26.7 Å². The maximum atomic E-state index is 6.15. The summed E-state index contributed by atoms with van der Waals surface area (Å²) in [4.78, 5) is 2.73. The van der Waals surface area contributed by atoms with E-state index in [1.54, 1.807) is 0 Å². The van der Waals surface area contributed by atoms with E-state index in [-0.39, 0.29) is 0 Å². The first-order chi connectivity index (χ1) is 8.54. The Kier molecular flexibility index (Phi) is 4.71. The van der Waals surface area contributed by atoms with E-state index in [1.165, 1.54) is 51.6 Å². The van der Waals surface area contributed by atoms with Gasteiger partial charge in [0.2, 0.25) is 0 Å². The maximum Gasteiger partial charge on any atom is 0.00697 e. The molecule has 0 radical (unpaired) electrons. The molecule has 2 unspecified atom stereocenters. The fraction of sp³-hybridized carbons (Fsp3) is 1.00. The number of nitrogens with two attached hydrogens (primary N) is 1. The Bertz CT molecular complexity index is 256. The molecule has 18 heavy (non-hydrogen) atoms. The summed E-state index contributed by atoms with van der Waals surface area (Å²) in [5, 5.41) is 0. The van der Waals surface area contributed by atoms with Crippen LogP contribution in [-0.4, -0.2) is 30.6 Å². The summed E-state index contributed by atoms with van der Waals surface area (Å²) in [6.07, 6.45) is 8.22. The van der Waals surface area contributed by atoms with Gasteiger partial charge in [0.1, 0.15) is 0 Å². The SMILES string of the molecule is CC1CCC(CN)(CN2CCC(C)CC2C)CC1. The first-order valence-corrected chi connectivity index (χ1v) is 7.99. The topological polar surface area (TPSA) is 29.3 Å². The first-order valence-electron chi connectivity index (χ1n) is 7.99. The average Bonchev–Trinajstić information content (AvgIpc) is 2.36. The number of nitrogens with zero attached hydrogens (tertiary/aromatic N) is 1. The van der Waals surface area contributed by atoms with E-state index in [2.05, 4.69) is 25.7 Å². The van der Waals surface area contributed by atoms with Gasteiger partial charge in [0.05, 0.1) is 0 Å². The smallest absolute Gasteiger partial charge is 0.00697 e. The second-order valence-corrected chi connectivity index (χ2v) is 7.34. The van der Waals surface area contributed by atoms with Gasteiger partial charge in [-0.2, -0.15) is 0 Å². The van der Waals surface area contributed by atoms with Gasteiger partial charge in [-0.25, -0.2) is 0 Å². The Hall–Kier alpha value is -0.0800. The lowest BCUT2D eigenvalue weighted by molar-refractivity contribution is 0.0452. The monoisotopic (exact) mass is 252 g/mol. The highest BCUT2D eigenvalue weighted by molar-refractivity contribution is 4.90. The zero-order valence-electron chi connectivity index (χ0n) is 12.6. The fourth-order valence-corrected chi connectivity index (χ4v) is 3.92. The molecule has 0 amide bonds. The Labute approximate surface area is 113 Å². The lowest BCUT2D eigenvalue weighted by Gasteiger charge is -2.46. The van der Waals surface area contributed by atoms with Gasteiger partial charge < -0.3 is 10.6 Å². The van der Waals surface area contributed by atoms with Gasteiger partial charge in [0.25, 0.3) is 0 Å². The van der Waals surface area contributed by atoms with Gasteiger partial charge in [0, 0.05) is 12.6 Å². The van der Waals surface area contributed by atoms with E-state index in [4.69, 9.17) is 5.73 Å². The van der Waals surface area contributed by atoms with Crippen molar-refractivity contribution in [3.8, 4) is 0 Å². The van der Waals surface area contributed by atoms with E-state index in [1.807, 2.05) is 0 Å². The molecule has 2 nitrogen and oxygen atoms in total. The molecule has 0 aromatic rings. The largest absolute Gasteiger partial charge is 0.330 e. The van der Waals surface area contributed by atoms with Gasteiger partial charge >= 0.3 is 0 Å². The summed E-state index contributed by atoms with van der Waals surface area (Å²) >= 11 is 0. The lowest BCUT2D eigenvalue weighted by Crippen LogP contribution is -2.50. The number of hydrogen-bond acceptors (Lipinski definition) is 2. The number of rotatable bonds is 3. The van der Waals surface area contributed by atoms with Gasteiger partial charge in [0.15, 0.2) is 0 Å². The highest BCUT2D eigenvalue weighted by Gasteiger charge is 2.36. The zero-order valence-corrected chi connectivity index (χ0v) is 12.6. The second-order valence-electron chi connectivity index (χ2n) is 7.34. The predicted molar refractivity (Wildman–Crippen MR) is 78.6 cm³/mol. The quantitative estimate of drug-likeness (QED) is 0.835. The lowest BCUT2D eigenvalue weighted by atomic mass is 9.70.